The number of aromatic amines is 1. The van der Waals surface area contributed by atoms with Gasteiger partial charge in [0.2, 0.25) is 0 Å². The van der Waals surface area contributed by atoms with Gasteiger partial charge in [-0.15, -0.1) is 0 Å². The number of nitrogens with one attached hydrogen (secondary N) is 1. The van der Waals surface area contributed by atoms with Crippen molar-refractivity contribution in [3.63, 3.8) is 0 Å². The Labute approximate surface area is 113 Å². The van der Waals surface area contributed by atoms with E-state index in [9.17, 15) is 0 Å². The molecule has 3 N–H and O–H groups in total. The Morgan fingerprint density at radius 1 is 1.39 bits per heavy atom. The van der Waals surface area contributed by atoms with Crippen LogP contribution in [0.5, 0.6) is 0 Å². The maximum atomic E-state index is 5.96. The molecular weight excluding hydrogens is 246 g/mol. The standard InChI is InChI=1S/C14H20ClN3/c1-9(2)5-10(8-16)6-14-17-12-4-3-11(15)7-13(12)18-14/h3-4,7,9-10H,5-6,8,16H2,1-2H3,(H,17,18). The van der Waals surface area contributed by atoms with Gasteiger partial charge in [0.1, 0.15) is 5.82 Å². The molecule has 1 atom stereocenters. The number of halogens is 1. The summed E-state index contributed by atoms with van der Waals surface area (Å²) in [4.78, 5) is 7.90. The molecule has 3 nitrogen and oxygen atoms in total. The number of aromatic nitrogens is 2. The molecule has 18 heavy (non-hydrogen) atoms. The van der Waals surface area contributed by atoms with E-state index in [0.29, 0.717) is 18.4 Å². The first-order valence-corrected chi connectivity index (χ1v) is 6.80. The number of benzene rings is 1. The van der Waals surface area contributed by atoms with Gasteiger partial charge in [-0.05, 0) is 43.0 Å². The average Bonchev–Trinajstić information content (AvgIpc) is 2.68. The molecule has 0 bridgehead atoms. The predicted octanol–water partition coefficient (Wildman–Crippen LogP) is 3.38. The van der Waals surface area contributed by atoms with Crippen LogP contribution in [-0.4, -0.2) is 16.5 Å². The number of nitrogens with zero attached hydrogens (tertiary/aromatic N) is 1. The molecule has 2 aromatic rings. The van der Waals surface area contributed by atoms with E-state index < -0.39 is 0 Å². The summed E-state index contributed by atoms with van der Waals surface area (Å²) < 4.78 is 0. The highest BCUT2D eigenvalue weighted by molar-refractivity contribution is 6.31. The molecule has 0 amide bonds. The fraction of sp³-hybridized carbons (Fsp3) is 0.500. The Kier molecular flexibility index (Phi) is 4.25. The van der Waals surface area contributed by atoms with Gasteiger partial charge in [0.05, 0.1) is 11.0 Å². The van der Waals surface area contributed by atoms with Crippen molar-refractivity contribution in [1.82, 2.24) is 9.97 Å². The number of hydrogen-bond acceptors (Lipinski definition) is 2. The van der Waals surface area contributed by atoms with Gasteiger partial charge in [-0.2, -0.15) is 0 Å². The maximum absolute atomic E-state index is 5.96. The van der Waals surface area contributed by atoms with E-state index >= 15 is 0 Å². The van der Waals surface area contributed by atoms with E-state index in [1.165, 1.54) is 0 Å². The van der Waals surface area contributed by atoms with Crippen LogP contribution in [0.15, 0.2) is 18.2 Å². The van der Waals surface area contributed by atoms with Crippen LogP contribution in [0.25, 0.3) is 11.0 Å². The van der Waals surface area contributed by atoms with Crippen LogP contribution < -0.4 is 5.73 Å². The van der Waals surface area contributed by atoms with Gasteiger partial charge in [-0.25, -0.2) is 4.98 Å². The number of nitrogens with two attached hydrogens (primary N) is 1. The minimum atomic E-state index is 0.487. The Morgan fingerprint density at radius 3 is 2.83 bits per heavy atom. The van der Waals surface area contributed by atoms with Crippen LogP contribution in [-0.2, 0) is 6.42 Å². The fourth-order valence-electron chi connectivity index (χ4n) is 2.33. The lowest BCUT2D eigenvalue weighted by atomic mass is 9.94. The van der Waals surface area contributed by atoms with E-state index in [2.05, 4.69) is 23.8 Å². The van der Waals surface area contributed by atoms with Crippen LogP contribution in [0.3, 0.4) is 0 Å². The molecule has 0 spiro atoms. The van der Waals surface area contributed by atoms with Crippen molar-refractivity contribution in [2.24, 2.45) is 17.6 Å². The number of imidazole rings is 1. The zero-order chi connectivity index (χ0) is 13.1. The number of hydrogen-bond donors (Lipinski definition) is 2. The van der Waals surface area contributed by atoms with E-state index in [1.807, 2.05) is 18.2 Å². The van der Waals surface area contributed by atoms with Gasteiger partial charge in [-0.1, -0.05) is 25.4 Å². The molecule has 0 radical (unpaired) electrons. The minimum absolute atomic E-state index is 0.487. The number of fused-ring (bicyclic) bond motifs is 1. The first kappa shape index (κ1) is 13.4. The minimum Gasteiger partial charge on any atom is -0.342 e. The van der Waals surface area contributed by atoms with Crippen molar-refractivity contribution in [1.29, 1.82) is 0 Å². The highest BCUT2D eigenvalue weighted by Crippen LogP contribution is 2.20. The largest absolute Gasteiger partial charge is 0.342 e. The summed E-state index contributed by atoms with van der Waals surface area (Å²) in [5.41, 5.74) is 7.79. The third-order valence-corrected chi connectivity index (χ3v) is 3.35. The predicted molar refractivity (Wildman–Crippen MR) is 76.8 cm³/mol. The normalized spacial score (nSPS) is 13.4. The second kappa shape index (κ2) is 5.72. The molecule has 0 aliphatic carbocycles. The summed E-state index contributed by atoms with van der Waals surface area (Å²) in [7, 11) is 0. The Bertz CT molecular complexity index is 519. The first-order chi connectivity index (χ1) is 8.58. The fourth-order valence-corrected chi connectivity index (χ4v) is 2.51. The van der Waals surface area contributed by atoms with Gasteiger partial charge in [0, 0.05) is 11.4 Å². The quantitative estimate of drug-likeness (QED) is 0.871. The molecule has 2 rings (SSSR count). The average molecular weight is 266 g/mol. The van der Waals surface area contributed by atoms with Gasteiger partial charge < -0.3 is 10.7 Å². The van der Waals surface area contributed by atoms with E-state index in [0.717, 1.165) is 34.7 Å². The molecule has 1 unspecified atom stereocenters. The summed E-state index contributed by atoms with van der Waals surface area (Å²) in [6.07, 6.45) is 2.04. The van der Waals surface area contributed by atoms with Crippen molar-refractivity contribution in [3.05, 3.63) is 29.0 Å². The Hall–Kier alpha value is -1.06. The lowest BCUT2D eigenvalue weighted by molar-refractivity contribution is 0.410. The van der Waals surface area contributed by atoms with Crippen LogP contribution in [0.4, 0.5) is 0 Å². The molecule has 0 aliphatic heterocycles. The van der Waals surface area contributed by atoms with E-state index in [4.69, 9.17) is 17.3 Å². The Morgan fingerprint density at radius 2 is 2.17 bits per heavy atom. The SMILES string of the molecule is CC(C)CC(CN)Cc1nc2ccc(Cl)cc2[nH]1. The maximum Gasteiger partial charge on any atom is 0.107 e. The lowest BCUT2D eigenvalue weighted by Gasteiger charge is -2.15. The zero-order valence-electron chi connectivity index (χ0n) is 10.9. The molecule has 4 heteroatoms. The number of rotatable bonds is 5. The van der Waals surface area contributed by atoms with Gasteiger partial charge in [-0.3, -0.25) is 0 Å². The zero-order valence-corrected chi connectivity index (χ0v) is 11.7. The molecule has 1 aromatic carbocycles. The second-order valence-electron chi connectivity index (χ2n) is 5.28. The summed E-state index contributed by atoms with van der Waals surface area (Å²) >= 11 is 5.96. The molecule has 0 fully saturated rings. The second-order valence-corrected chi connectivity index (χ2v) is 5.72. The third-order valence-electron chi connectivity index (χ3n) is 3.11. The van der Waals surface area contributed by atoms with Crippen LogP contribution in [0.1, 0.15) is 26.1 Å². The smallest absolute Gasteiger partial charge is 0.107 e. The van der Waals surface area contributed by atoms with E-state index in [-0.39, 0.29) is 0 Å². The number of H-pyrrole nitrogens is 1. The van der Waals surface area contributed by atoms with Crippen molar-refractivity contribution in [2.75, 3.05) is 6.54 Å². The molecular formula is C14H20ClN3. The summed E-state index contributed by atoms with van der Waals surface area (Å²) in [5.74, 6) is 2.15. The molecule has 1 heterocycles. The van der Waals surface area contributed by atoms with Crippen LogP contribution >= 0.6 is 11.6 Å². The van der Waals surface area contributed by atoms with Crippen LogP contribution in [0, 0.1) is 11.8 Å². The molecule has 0 saturated carbocycles. The van der Waals surface area contributed by atoms with Crippen molar-refractivity contribution in [3.8, 4) is 0 Å². The van der Waals surface area contributed by atoms with E-state index in [1.54, 1.807) is 0 Å². The summed E-state index contributed by atoms with van der Waals surface area (Å²) in [5, 5.41) is 0.732. The molecule has 98 valence electrons. The first-order valence-electron chi connectivity index (χ1n) is 6.42. The lowest BCUT2D eigenvalue weighted by Crippen LogP contribution is -2.19. The monoisotopic (exact) mass is 265 g/mol. The van der Waals surface area contributed by atoms with Gasteiger partial charge in [0.25, 0.3) is 0 Å². The topological polar surface area (TPSA) is 54.7 Å². The van der Waals surface area contributed by atoms with Crippen LogP contribution in [0.2, 0.25) is 5.02 Å². The van der Waals surface area contributed by atoms with Gasteiger partial charge in [0.15, 0.2) is 0 Å². The highest BCUT2D eigenvalue weighted by Gasteiger charge is 2.12. The third kappa shape index (κ3) is 3.24. The van der Waals surface area contributed by atoms with Gasteiger partial charge >= 0.3 is 0 Å². The molecule has 0 saturated heterocycles. The van der Waals surface area contributed by atoms with Crippen molar-refractivity contribution < 1.29 is 0 Å². The Balaban J connectivity index is 2.15. The van der Waals surface area contributed by atoms with Crippen molar-refractivity contribution in [2.45, 2.75) is 26.7 Å². The summed E-state index contributed by atoms with van der Waals surface area (Å²) in [6.45, 7) is 5.15. The van der Waals surface area contributed by atoms with Crippen molar-refractivity contribution >= 4 is 22.6 Å². The highest BCUT2D eigenvalue weighted by atomic mass is 35.5. The summed E-state index contributed by atoms with van der Waals surface area (Å²) in [6, 6.07) is 5.72. The molecule has 0 aliphatic rings. The molecule has 1 aromatic heterocycles.